The summed E-state index contributed by atoms with van der Waals surface area (Å²) in [5, 5.41) is 7.38. The van der Waals surface area contributed by atoms with E-state index >= 15 is 0 Å². The molecule has 6 nitrogen and oxygen atoms in total. The van der Waals surface area contributed by atoms with E-state index in [0.29, 0.717) is 23.7 Å². The van der Waals surface area contributed by atoms with Crippen LogP contribution in [0.15, 0.2) is 15.5 Å². The highest BCUT2D eigenvalue weighted by atomic mass is 79.9. The molecule has 1 fully saturated rings. The van der Waals surface area contributed by atoms with Crippen LogP contribution in [-0.2, 0) is 11.3 Å². The highest BCUT2D eigenvalue weighted by Gasteiger charge is 2.24. The van der Waals surface area contributed by atoms with Crippen LogP contribution in [0.4, 0.5) is 5.69 Å². The zero-order valence-electron chi connectivity index (χ0n) is 10.5. The van der Waals surface area contributed by atoms with Gasteiger partial charge in [0.05, 0.1) is 31.1 Å². The Morgan fingerprint density at radius 3 is 2.94 bits per heavy atom. The zero-order valence-corrected chi connectivity index (χ0v) is 12.1. The molecule has 2 rings (SSSR count). The lowest BCUT2D eigenvalue weighted by molar-refractivity contribution is 0.181. The molecule has 1 aliphatic rings. The van der Waals surface area contributed by atoms with Crippen molar-refractivity contribution < 1.29 is 4.74 Å². The largest absolute Gasteiger partial charge is 0.383 e. The number of nitrogens with zero attached hydrogens (tertiary/aromatic N) is 3. The number of rotatable bonds is 5. The van der Waals surface area contributed by atoms with Gasteiger partial charge in [0.25, 0.3) is 5.56 Å². The maximum atomic E-state index is 12.1. The van der Waals surface area contributed by atoms with Crippen molar-refractivity contribution in [3.05, 3.63) is 21.0 Å². The molecule has 7 heteroatoms. The van der Waals surface area contributed by atoms with Gasteiger partial charge in [0.2, 0.25) is 0 Å². The van der Waals surface area contributed by atoms with Crippen LogP contribution < -0.4 is 15.8 Å². The number of hydrogen-bond donors (Lipinski definition) is 1. The molecule has 100 valence electrons. The molecule has 1 aliphatic heterocycles. The van der Waals surface area contributed by atoms with Crippen LogP contribution in [0.5, 0.6) is 0 Å². The summed E-state index contributed by atoms with van der Waals surface area (Å²) in [6.45, 7) is 2.81. The third kappa shape index (κ3) is 2.57. The second-order valence-electron chi connectivity index (χ2n) is 4.29. The fourth-order valence-corrected chi connectivity index (χ4v) is 2.37. The molecule has 0 aliphatic carbocycles. The van der Waals surface area contributed by atoms with E-state index in [4.69, 9.17) is 4.74 Å². The minimum absolute atomic E-state index is 0.122. The fraction of sp³-hybridized carbons (Fsp3) is 0.636. The van der Waals surface area contributed by atoms with Crippen molar-refractivity contribution in [1.29, 1.82) is 0 Å². The topological polar surface area (TPSA) is 59.4 Å². The summed E-state index contributed by atoms with van der Waals surface area (Å²) in [4.78, 5) is 14.2. The van der Waals surface area contributed by atoms with E-state index in [-0.39, 0.29) is 5.56 Å². The molecule has 0 bridgehead atoms. The number of ether oxygens (including phenoxy) is 1. The van der Waals surface area contributed by atoms with Gasteiger partial charge < -0.3 is 15.0 Å². The van der Waals surface area contributed by atoms with E-state index in [1.807, 2.05) is 7.05 Å². The fourth-order valence-electron chi connectivity index (χ4n) is 1.78. The highest BCUT2D eigenvalue weighted by Crippen LogP contribution is 2.23. The molecule has 0 saturated carbocycles. The molecule has 2 heterocycles. The lowest BCUT2D eigenvalue weighted by atomic mass is 10.1. The van der Waals surface area contributed by atoms with E-state index in [2.05, 4.69) is 31.2 Å². The van der Waals surface area contributed by atoms with Crippen molar-refractivity contribution in [3.8, 4) is 0 Å². The third-order valence-corrected chi connectivity index (χ3v) is 3.91. The highest BCUT2D eigenvalue weighted by molar-refractivity contribution is 9.10. The lowest BCUT2D eigenvalue weighted by Gasteiger charge is -2.37. The van der Waals surface area contributed by atoms with Gasteiger partial charge in [-0.3, -0.25) is 4.79 Å². The molecule has 1 aromatic heterocycles. The molecular formula is C11H17BrN4O2. The lowest BCUT2D eigenvalue weighted by Crippen LogP contribution is -2.56. The van der Waals surface area contributed by atoms with Crippen LogP contribution in [-0.4, -0.2) is 49.7 Å². The SMILES string of the molecule is COCCn1ncc(N(C)C2CNC2)c(Br)c1=O. The molecule has 18 heavy (non-hydrogen) atoms. The molecule has 0 unspecified atom stereocenters. The molecular weight excluding hydrogens is 300 g/mol. The molecule has 0 aromatic carbocycles. The van der Waals surface area contributed by atoms with Crippen molar-refractivity contribution in [1.82, 2.24) is 15.1 Å². The summed E-state index contributed by atoms with van der Waals surface area (Å²) in [5.41, 5.74) is 0.712. The minimum atomic E-state index is -0.122. The van der Waals surface area contributed by atoms with Gasteiger partial charge in [-0.25, -0.2) is 4.68 Å². The Labute approximate surface area is 114 Å². The average molecular weight is 317 g/mol. The van der Waals surface area contributed by atoms with E-state index in [0.717, 1.165) is 18.8 Å². The Morgan fingerprint density at radius 2 is 2.39 bits per heavy atom. The summed E-state index contributed by atoms with van der Waals surface area (Å²) >= 11 is 3.37. The van der Waals surface area contributed by atoms with Crippen LogP contribution in [0.2, 0.25) is 0 Å². The second kappa shape index (κ2) is 5.81. The molecule has 0 spiro atoms. The molecule has 1 saturated heterocycles. The molecule has 0 atom stereocenters. The van der Waals surface area contributed by atoms with Crippen LogP contribution in [0.3, 0.4) is 0 Å². The van der Waals surface area contributed by atoms with Crippen LogP contribution in [0.1, 0.15) is 0 Å². The van der Waals surface area contributed by atoms with Crippen molar-refractivity contribution >= 4 is 21.6 Å². The number of anilines is 1. The second-order valence-corrected chi connectivity index (χ2v) is 5.08. The number of likely N-dealkylation sites (N-methyl/N-ethyl adjacent to an activating group) is 1. The summed E-state index contributed by atoms with van der Waals surface area (Å²) < 4.78 is 6.91. The predicted molar refractivity (Wildman–Crippen MR) is 73.1 cm³/mol. The smallest absolute Gasteiger partial charge is 0.283 e. The van der Waals surface area contributed by atoms with Gasteiger partial charge in [0, 0.05) is 27.2 Å². The Bertz CT molecular complexity index is 473. The Kier molecular flexibility index (Phi) is 4.36. The maximum Gasteiger partial charge on any atom is 0.283 e. The van der Waals surface area contributed by atoms with Crippen molar-refractivity contribution in [3.63, 3.8) is 0 Å². The van der Waals surface area contributed by atoms with Crippen molar-refractivity contribution in [2.45, 2.75) is 12.6 Å². The van der Waals surface area contributed by atoms with Gasteiger partial charge in [-0.05, 0) is 15.9 Å². The summed E-state index contributed by atoms with van der Waals surface area (Å²) in [6, 6.07) is 0.428. The van der Waals surface area contributed by atoms with E-state index in [1.54, 1.807) is 13.3 Å². The van der Waals surface area contributed by atoms with Gasteiger partial charge in [0.15, 0.2) is 0 Å². The van der Waals surface area contributed by atoms with Gasteiger partial charge >= 0.3 is 0 Å². The number of aromatic nitrogens is 2. The van der Waals surface area contributed by atoms with Gasteiger partial charge in [-0.1, -0.05) is 0 Å². The zero-order chi connectivity index (χ0) is 13.1. The standard InChI is InChI=1S/C11H17BrN4O2/c1-15(8-5-13-6-8)9-7-14-16(3-4-18-2)11(17)10(9)12/h7-8,13H,3-6H2,1-2H3. The first kappa shape index (κ1) is 13.5. The van der Waals surface area contributed by atoms with Crippen LogP contribution in [0, 0.1) is 0 Å². The Balaban J connectivity index is 2.22. The van der Waals surface area contributed by atoms with Crippen molar-refractivity contribution in [2.24, 2.45) is 0 Å². The van der Waals surface area contributed by atoms with Gasteiger partial charge in [-0.2, -0.15) is 5.10 Å². The number of nitrogens with one attached hydrogen (secondary N) is 1. The van der Waals surface area contributed by atoms with Crippen LogP contribution >= 0.6 is 15.9 Å². The normalized spacial score (nSPS) is 15.5. The maximum absolute atomic E-state index is 12.1. The van der Waals surface area contributed by atoms with Crippen molar-refractivity contribution in [2.75, 3.05) is 38.8 Å². The molecule has 0 radical (unpaired) electrons. The van der Waals surface area contributed by atoms with Gasteiger partial charge in [-0.15, -0.1) is 0 Å². The summed E-state index contributed by atoms with van der Waals surface area (Å²) in [7, 11) is 3.58. The number of hydrogen-bond acceptors (Lipinski definition) is 5. The molecule has 1 aromatic rings. The molecule has 0 amide bonds. The quantitative estimate of drug-likeness (QED) is 0.832. The van der Waals surface area contributed by atoms with Crippen LogP contribution in [0.25, 0.3) is 0 Å². The van der Waals surface area contributed by atoms with E-state index in [1.165, 1.54) is 4.68 Å². The van der Waals surface area contributed by atoms with Gasteiger partial charge in [0.1, 0.15) is 4.47 Å². The Morgan fingerprint density at radius 1 is 1.67 bits per heavy atom. The first-order chi connectivity index (χ1) is 8.65. The van der Waals surface area contributed by atoms with E-state index in [9.17, 15) is 4.79 Å². The minimum Gasteiger partial charge on any atom is -0.383 e. The Hall–Kier alpha value is -0.920. The third-order valence-electron chi connectivity index (χ3n) is 3.16. The average Bonchev–Trinajstić information content (AvgIpc) is 2.28. The predicted octanol–water partition coefficient (Wildman–Crippen LogP) is 0.0602. The number of halogens is 1. The monoisotopic (exact) mass is 316 g/mol. The number of methoxy groups -OCH3 is 1. The van der Waals surface area contributed by atoms with E-state index < -0.39 is 0 Å². The summed E-state index contributed by atoms with van der Waals surface area (Å²) in [5.74, 6) is 0. The first-order valence-corrected chi connectivity index (χ1v) is 6.62. The molecule has 1 N–H and O–H groups in total. The first-order valence-electron chi connectivity index (χ1n) is 5.83. The summed E-state index contributed by atoms with van der Waals surface area (Å²) in [6.07, 6.45) is 1.72.